The summed E-state index contributed by atoms with van der Waals surface area (Å²) in [6, 6.07) is 13.1. The fourth-order valence-electron chi connectivity index (χ4n) is 2.26. The van der Waals surface area contributed by atoms with Gasteiger partial charge in [0.1, 0.15) is 22.6 Å². The zero-order valence-corrected chi connectivity index (χ0v) is 15.9. The Morgan fingerprint density at radius 1 is 0.786 bits per heavy atom. The molecule has 2 aromatic carbocycles. The van der Waals surface area contributed by atoms with Gasteiger partial charge in [-0.15, -0.1) is 9.78 Å². The molecule has 0 heterocycles. The summed E-state index contributed by atoms with van der Waals surface area (Å²) in [5, 5.41) is 0. The van der Waals surface area contributed by atoms with Gasteiger partial charge in [-0.1, -0.05) is 37.6 Å². The van der Waals surface area contributed by atoms with E-state index in [0.29, 0.717) is 24.3 Å². The molecule has 0 aliphatic heterocycles. The van der Waals surface area contributed by atoms with Crippen LogP contribution in [0.3, 0.4) is 0 Å². The first kappa shape index (κ1) is 21.2. The van der Waals surface area contributed by atoms with Crippen molar-refractivity contribution in [2.45, 2.75) is 26.1 Å². The van der Waals surface area contributed by atoms with Crippen LogP contribution in [0, 0.1) is 0 Å². The molecule has 0 saturated heterocycles. The third kappa shape index (κ3) is 5.70. The van der Waals surface area contributed by atoms with Gasteiger partial charge in [-0.2, -0.15) is 0 Å². The molecule has 0 fully saturated rings. The molecule has 0 atom stereocenters. The zero-order valence-electron chi connectivity index (χ0n) is 15.9. The largest absolute Gasteiger partial charge is 0.496 e. The zero-order chi connectivity index (χ0) is 20.4. The van der Waals surface area contributed by atoms with E-state index < -0.39 is 18.2 Å². The van der Waals surface area contributed by atoms with E-state index in [0.717, 1.165) is 0 Å². The van der Waals surface area contributed by atoms with Crippen molar-refractivity contribution in [3.63, 3.8) is 0 Å². The Labute approximate surface area is 162 Å². The van der Waals surface area contributed by atoms with Crippen LogP contribution in [-0.2, 0) is 19.6 Å². The van der Waals surface area contributed by atoms with Gasteiger partial charge >= 0.3 is 11.9 Å². The van der Waals surface area contributed by atoms with Crippen LogP contribution in [0.5, 0.6) is 11.5 Å². The molecule has 0 aliphatic rings. The van der Waals surface area contributed by atoms with Crippen molar-refractivity contribution in [3.05, 3.63) is 59.7 Å². The van der Waals surface area contributed by atoms with E-state index in [4.69, 9.17) is 29.0 Å². The minimum absolute atomic E-state index is 0.186. The number of carbonyl (C=O) groups is 2. The SMILES string of the molecule is CCCC(OOC(=O)c1ccccc1OC)OOC(=O)c1ccccc1OC. The van der Waals surface area contributed by atoms with Gasteiger partial charge in [0.2, 0.25) is 6.29 Å². The Kier molecular flexibility index (Phi) is 8.26. The first-order valence-electron chi connectivity index (χ1n) is 8.62. The lowest BCUT2D eigenvalue weighted by Gasteiger charge is -2.15. The molecular weight excluding hydrogens is 368 g/mol. The monoisotopic (exact) mass is 390 g/mol. The standard InChI is InChI=1S/C20H22O8/c1-4-9-18(25-27-19(21)14-10-5-7-12-16(14)23-2)26-28-20(22)15-11-6-8-13-17(15)24-3/h5-8,10-13,18H,4,9H2,1-3H3. The number of benzene rings is 2. The molecule has 8 heteroatoms. The summed E-state index contributed by atoms with van der Waals surface area (Å²) in [5.74, 6) is -0.852. The lowest BCUT2D eigenvalue weighted by atomic mass is 10.2. The van der Waals surface area contributed by atoms with Crippen molar-refractivity contribution >= 4 is 11.9 Å². The van der Waals surface area contributed by atoms with E-state index in [1.807, 2.05) is 6.92 Å². The summed E-state index contributed by atoms with van der Waals surface area (Å²) in [5.41, 5.74) is 0.373. The summed E-state index contributed by atoms with van der Waals surface area (Å²) < 4.78 is 10.2. The number of rotatable bonds is 10. The highest BCUT2D eigenvalue weighted by Crippen LogP contribution is 2.20. The summed E-state index contributed by atoms with van der Waals surface area (Å²) in [6.45, 7) is 1.86. The van der Waals surface area contributed by atoms with E-state index in [2.05, 4.69) is 0 Å². The van der Waals surface area contributed by atoms with Crippen LogP contribution in [-0.4, -0.2) is 32.4 Å². The maximum absolute atomic E-state index is 12.2. The number of hydrogen-bond acceptors (Lipinski definition) is 8. The molecule has 0 amide bonds. The summed E-state index contributed by atoms with van der Waals surface area (Å²) >= 11 is 0. The first-order chi connectivity index (χ1) is 13.6. The van der Waals surface area contributed by atoms with Gasteiger partial charge in [-0.3, -0.25) is 9.78 Å². The fraction of sp³-hybridized carbons (Fsp3) is 0.300. The fourth-order valence-corrected chi connectivity index (χ4v) is 2.26. The normalized spacial score (nSPS) is 10.4. The summed E-state index contributed by atoms with van der Waals surface area (Å²) in [6.07, 6.45) is -0.149. The van der Waals surface area contributed by atoms with Gasteiger partial charge in [-0.05, 0) is 24.3 Å². The van der Waals surface area contributed by atoms with Gasteiger partial charge in [0.15, 0.2) is 0 Å². The van der Waals surface area contributed by atoms with Crippen molar-refractivity contribution in [1.29, 1.82) is 0 Å². The van der Waals surface area contributed by atoms with Gasteiger partial charge in [0.25, 0.3) is 0 Å². The van der Waals surface area contributed by atoms with Crippen LogP contribution < -0.4 is 9.47 Å². The second-order valence-electron chi connectivity index (χ2n) is 5.55. The highest BCUT2D eigenvalue weighted by atomic mass is 17.3. The van der Waals surface area contributed by atoms with Gasteiger partial charge in [0, 0.05) is 6.42 Å². The van der Waals surface area contributed by atoms with Gasteiger partial charge in [-0.25, -0.2) is 9.59 Å². The quantitative estimate of drug-likeness (QED) is 0.345. The Hall–Kier alpha value is -3.10. The minimum atomic E-state index is -1.10. The minimum Gasteiger partial charge on any atom is -0.496 e. The van der Waals surface area contributed by atoms with Crippen molar-refractivity contribution < 1.29 is 38.6 Å². The van der Waals surface area contributed by atoms with Gasteiger partial charge in [0.05, 0.1) is 14.2 Å². The van der Waals surface area contributed by atoms with Gasteiger partial charge < -0.3 is 9.47 Å². The lowest BCUT2D eigenvalue weighted by molar-refractivity contribution is -0.421. The molecule has 0 aliphatic carbocycles. The van der Waals surface area contributed by atoms with Crippen LogP contribution in [0.4, 0.5) is 0 Å². The first-order valence-corrected chi connectivity index (χ1v) is 8.62. The summed E-state index contributed by atoms with van der Waals surface area (Å²) in [7, 11) is 2.88. The maximum Gasteiger partial charge on any atom is 0.376 e. The molecule has 0 bridgehead atoms. The van der Waals surface area contributed by atoms with E-state index in [-0.39, 0.29) is 11.1 Å². The van der Waals surface area contributed by atoms with Crippen LogP contribution >= 0.6 is 0 Å². The molecular formula is C20H22O8. The molecule has 2 rings (SSSR count). The Morgan fingerprint density at radius 3 is 1.61 bits per heavy atom. The molecule has 150 valence electrons. The average Bonchev–Trinajstić information content (AvgIpc) is 2.75. The third-order valence-corrected chi connectivity index (χ3v) is 3.64. The average molecular weight is 390 g/mol. The number of methoxy groups -OCH3 is 2. The van der Waals surface area contributed by atoms with Crippen LogP contribution in [0.15, 0.2) is 48.5 Å². The molecule has 28 heavy (non-hydrogen) atoms. The molecule has 0 radical (unpaired) electrons. The van der Waals surface area contributed by atoms with Crippen LogP contribution in [0.2, 0.25) is 0 Å². The van der Waals surface area contributed by atoms with Crippen molar-refractivity contribution in [3.8, 4) is 11.5 Å². The second kappa shape index (κ2) is 10.9. The number of carbonyl (C=O) groups excluding carboxylic acids is 2. The number of ether oxygens (including phenoxy) is 2. The van der Waals surface area contributed by atoms with Crippen molar-refractivity contribution in [1.82, 2.24) is 0 Å². The Bertz CT molecular complexity index is 726. The van der Waals surface area contributed by atoms with Crippen LogP contribution in [0.1, 0.15) is 40.5 Å². The molecule has 8 nitrogen and oxygen atoms in total. The molecule has 2 aromatic rings. The van der Waals surface area contributed by atoms with Crippen molar-refractivity contribution in [2.75, 3.05) is 14.2 Å². The van der Waals surface area contributed by atoms with Crippen molar-refractivity contribution in [2.24, 2.45) is 0 Å². The Balaban J connectivity index is 1.94. The smallest absolute Gasteiger partial charge is 0.376 e. The second-order valence-corrected chi connectivity index (χ2v) is 5.55. The highest BCUT2D eigenvalue weighted by Gasteiger charge is 2.21. The molecule has 0 saturated carbocycles. The molecule has 0 N–H and O–H groups in total. The van der Waals surface area contributed by atoms with Crippen LogP contribution in [0.25, 0.3) is 0 Å². The van der Waals surface area contributed by atoms with E-state index >= 15 is 0 Å². The van der Waals surface area contributed by atoms with E-state index in [1.165, 1.54) is 26.4 Å². The molecule has 0 unspecified atom stereocenters. The van der Waals surface area contributed by atoms with E-state index in [1.54, 1.807) is 36.4 Å². The molecule has 0 spiro atoms. The third-order valence-electron chi connectivity index (χ3n) is 3.64. The number of para-hydroxylation sites is 2. The Morgan fingerprint density at radius 2 is 1.21 bits per heavy atom. The topological polar surface area (TPSA) is 89.5 Å². The molecule has 0 aromatic heterocycles. The predicted octanol–water partition coefficient (Wildman–Crippen LogP) is 3.71. The predicted molar refractivity (Wildman–Crippen MR) is 97.7 cm³/mol. The lowest BCUT2D eigenvalue weighted by Crippen LogP contribution is -2.22. The highest BCUT2D eigenvalue weighted by molar-refractivity contribution is 5.92. The van der Waals surface area contributed by atoms with E-state index in [9.17, 15) is 9.59 Å². The number of hydrogen-bond donors (Lipinski definition) is 0. The summed E-state index contributed by atoms with van der Waals surface area (Å²) in [4.78, 5) is 44.0. The maximum atomic E-state index is 12.2.